The number of methoxy groups -OCH3 is 2. The molecule has 0 atom stereocenters. The first-order valence-electron chi connectivity index (χ1n) is 8.70. The number of allylic oxidation sites excluding steroid dienone is 1. The average Bonchev–Trinajstić information content (AvgIpc) is 3.02. The Morgan fingerprint density at radius 3 is 2.52 bits per heavy atom. The number of hydrogen-bond acceptors (Lipinski definition) is 4. The fourth-order valence-electron chi connectivity index (χ4n) is 3.08. The zero-order valence-corrected chi connectivity index (χ0v) is 16.1. The third kappa shape index (κ3) is 4.04. The Bertz CT molecular complexity index is 986. The number of aromatic nitrogens is 1. The molecule has 5 nitrogen and oxygen atoms in total. The maximum Gasteiger partial charge on any atom is 0.185 e. The molecule has 0 spiro atoms. The monoisotopic (exact) mass is 364 g/mol. The summed E-state index contributed by atoms with van der Waals surface area (Å²) in [4.78, 5) is 14.7. The Balaban J connectivity index is 1.91. The first-order chi connectivity index (χ1) is 13.0. The minimum atomic E-state index is -0.0830. The second-order valence-electron chi connectivity index (χ2n) is 6.56. The lowest BCUT2D eigenvalue weighted by Crippen LogP contribution is -2.15. The van der Waals surface area contributed by atoms with Crippen molar-refractivity contribution in [3.8, 4) is 11.5 Å². The van der Waals surface area contributed by atoms with E-state index in [1.165, 1.54) is 0 Å². The molecule has 3 aromatic rings. The highest BCUT2D eigenvalue weighted by Crippen LogP contribution is 2.28. The number of benzene rings is 2. The average molecular weight is 364 g/mol. The molecule has 0 fully saturated rings. The van der Waals surface area contributed by atoms with Crippen molar-refractivity contribution in [2.75, 3.05) is 28.3 Å². The van der Waals surface area contributed by atoms with Crippen LogP contribution in [0.25, 0.3) is 17.0 Å². The lowest BCUT2D eigenvalue weighted by Gasteiger charge is -2.11. The van der Waals surface area contributed by atoms with Crippen LogP contribution >= 0.6 is 0 Å². The molecule has 0 radical (unpaired) electrons. The van der Waals surface area contributed by atoms with Gasteiger partial charge in [0, 0.05) is 28.2 Å². The molecule has 27 heavy (non-hydrogen) atoms. The maximum atomic E-state index is 12.6. The van der Waals surface area contributed by atoms with Crippen LogP contribution in [-0.4, -0.2) is 43.6 Å². The van der Waals surface area contributed by atoms with Crippen LogP contribution in [0, 0.1) is 0 Å². The number of fused-ring (bicyclic) bond motifs is 1. The molecule has 0 bridgehead atoms. The van der Waals surface area contributed by atoms with Crippen LogP contribution in [0.15, 0.2) is 54.7 Å². The molecule has 140 valence electrons. The highest BCUT2D eigenvalue weighted by molar-refractivity contribution is 6.08. The summed E-state index contributed by atoms with van der Waals surface area (Å²) in [5.41, 5.74) is 2.71. The van der Waals surface area contributed by atoms with Gasteiger partial charge in [0.2, 0.25) is 0 Å². The van der Waals surface area contributed by atoms with Crippen LogP contribution < -0.4 is 9.47 Å². The maximum absolute atomic E-state index is 12.6. The normalized spacial score (nSPS) is 11.4. The van der Waals surface area contributed by atoms with Crippen molar-refractivity contribution in [3.05, 3.63) is 65.9 Å². The second kappa shape index (κ2) is 8.10. The standard InChI is InChI=1S/C22H24N2O3/c1-23(2)15-24-14-17(18-7-5-6-8-19(18)24)9-11-20(25)16-10-12-21(26-3)22(13-16)27-4/h5-14H,15H2,1-4H3. The van der Waals surface area contributed by atoms with E-state index < -0.39 is 0 Å². The number of rotatable bonds is 7. The predicted molar refractivity (Wildman–Crippen MR) is 109 cm³/mol. The van der Waals surface area contributed by atoms with Gasteiger partial charge in [0.15, 0.2) is 17.3 Å². The molecule has 0 saturated carbocycles. The van der Waals surface area contributed by atoms with Crippen LogP contribution in [0.5, 0.6) is 11.5 Å². The fraction of sp³-hybridized carbons (Fsp3) is 0.227. The van der Waals surface area contributed by atoms with Gasteiger partial charge >= 0.3 is 0 Å². The van der Waals surface area contributed by atoms with Crippen LogP contribution in [-0.2, 0) is 6.67 Å². The molecule has 3 rings (SSSR count). The van der Waals surface area contributed by atoms with E-state index in [0.29, 0.717) is 17.1 Å². The van der Waals surface area contributed by atoms with Crippen LogP contribution in [0.2, 0.25) is 0 Å². The van der Waals surface area contributed by atoms with Crippen molar-refractivity contribution in [1.29, 1.82) is 0 Å². The highest BCUT2D eigenvalue weighted by Gasteiger charge is 2.10. The molecule has 0 aliphatic rings. The molecule has 0 aliphatic heterocycles. The van der Waals surface area contributed by atoms with Gasteiger partial charge in [0.1, 0.15) is 0 Å². The smallest absolute Gasteiger partial charge is 0.185 e. The third-order valence-electron chi connectivity index (χ3n) is 4.34. The van der Waals surface area contributed by atoms with Crippen LogP contribution in [0.3, 0.4) is 0 Å². The summed E-state index contributed by atoms with van der Waals surface area (Å²) in [6.45, 7) is 0.776. The topological polar surface area (TPSA) is 43.7 Å². The number of carbonyl (C=O) groups excluding carboxylic acids is 1. The van der Waals surface area contributed by atoms with Gasteiger partial charge in [0.05, 0.1) is 20.9 Å². The Morgan fingerprint density at radius 1 is 1.07 bits per heavy atom. The van der Waals surface area contributed by atoms with E-state index >= 15 is 0 Å². The molecule has 1 aromatic heterocycles. The van der Waals surface area contributed by atoms with Gasteiger partial charge in [-0.15, -0.1) is 0 Å². The fourth-order valence-corrected chi connectivity index (χ4v) is 3.08. The quantitative estimate of drug-likeness (QED) is 0.468. The Labute approximate surface area is 159 Å². The van der Waals surface area contributed by atoms with Gasteiger partial charge in [-0.05, 0) is 50.5 Å². The minimum Gasteiger partial charge on any atom is -0.493 e. The van der Waals surface area contributed by atoms with E-state index in [1.807, 2.05) is 32.3 Å². The summed E-state index contributed by atoms with van der Waals surface area (Å²) in [7, 11) is 7.19. The Morgan fingerprint density at radius 2 is 1.81 bits per heavy atom. The van der Waals surface area contributed by atoms with Gasteiger partial charge in [-0.2, -0.15) is 0 Å². The molecule has 1 heterocycles. The molecule has 2 aromatic carbocycles. The molecular weight excluding hydrogens is 340 g/mol. The zero-order chi connectivity index (χ0) is 19.4. The summed E-state index contributed by atoms with van der Waals surface area (Å²) >= 11 is 0. The number of carbonyl (C=O) groups is 1. The predicted octanol–water partition coefficient (Wildman–Crippen LogP) is 4.07. The Kier molecular flexibility index (Phi) is 5.62. The van der Waals surface area contributed by atoms with Gasteiger partial charge in [-0.3, -0.25) is 9.69 Å². The third-order valence-corrected chi connectivity index (χ3v) is 4.34. The van der Waals surface area contributed by atoms with Crippen molar-refractivity contribution in [2.45, 2.75) is 6.67 Å². The van der Waals surface area contributed by atoms with E-state index in [9.17, 15) is 4.79 Å². The molecule has 0 aliphatic carbocycles. The van der Waals surface area contributed by atoms with Gasteiger partial charge in [-0.1, -0.05) is 18.2 Å². The first-order valence-corrected chi connectivity index (χ1v) is 8.70. The molecule has 0 saturated heterocycles. The van der Waals surface area contributed by atoms with Gasteiger partial charge < -0.3 is 14.0 Å². The molecule has 0 unspecified atom stereocenters. The SMILES string of the molecule is COc1ccc(C(=O)C=Cc2cn(CN(C)C)c3ccccc23)cc1OC. The van der Waals surface area contributed by atoms with Crippen molar-refractivity contribution in [2.24, 2.45) is 0 Å². The summed E-state index contributed by atoms with van der Waals surface area (Å²) in [6.07, 6.45) is 5.54. The largest absolute Gasteiger partial charge is 0.493 e. The summed E-state index contributed by atoms with van der Waals surface area (Å²) < 4.78 is 12.7. The number of para-hydroxylation sites is 1. The lowest BCUT2D eigenvalue weighted by molar-refractivity contribution is 0.104. The molecular formula is C22H24N2O3. The number of hydrogen-bond donors (Lipinski definition) is 0. The van der Waals surface area contributed by atoms with E-state index in [0.717, 1.165) is 23.1 Å². The zero-order valence-electron chi connectivity index (χ0n) is 16.1. The van der Waals surface area contributed by atoms with Crippen LogP contribution in [0.4, 0.5) is 0 Å². The number of ether oxygens (including phenoxy) is 2. The molecule has 0 N–H and O–H groups in total. The number of nitrogens with zero attached hydrogens (tertiary/aromatic N) is 2. The highest BCUT2D eigenvalue weighted by atomic mass is 16.5. The van der Waals surface area contributed by atoms with E-state index in [2.05, 4.69) is 27.8 Å². The van der Waals surface area contributed by atoms with Crippen molar-refractivity contribution >= 4 is 22.8 Å². The molecule has 0 amide bonds. The van der Waals surface area contributed by atoms with E-state index in [1.54, 1.807) is 38.5 Å². The van der Waals surface area contributed by atoms with Gasteiger partial charge in [-0.25, -0.2) is 0 Å². The first kappa shape index (κ1) is 18.7. The van der Waals surface area contributed by atoms with Crippen LogP contribution in [0.1, 0.15) is 15.9 Å². The summed E-state index contributed by atoms with van der Waals surface area (Å²) in [5, 5.41) is 1.12. The van der Waals surface area contributed by atoms with Crippen molar-refractivity contribution < 1.29 is 14.3 Å². The summed E-state index contributed by atoms with van der Waals surface area (Å²) in [6, 6.07) is 13.4. The van der Waals surface area contributed by atoms with E-state index in [4.69, 9.17) is 9.47 Å². The second-order valence-corrected chi connectivity index (χ2v) is 6.56. The number of ketones is 1. The lowest BCUT2D eigenvalue weighted by atomic mass is 10.1. The van der Waals surface area contributed by atoms with Crippen molar-refractivity contribution in [3.63, 3.8) is 0 Å². The minimum absolute atomic E-state index is 0.0830. The van der Waals surface area contributed by atoms with Crippen molar-refractivity contribution in [1.82, 2.24) is 9.47 Å². The van der Waals surface area contributed by atoms with Gasteiger partial charge in [0.25, 0.3) is 0 Å². The summed E-state index contributed by atoms with van der Waals surface area (Å²) in [5.74, 6) is 1.06. The molecule has 5 heteroatoms. The Hall–Kier alpha value is -3.05. The van der Waals surface area contributed by atoms with E-state index in [-0.39, 0.29) is 5.78 Å².